The Morgan fingerprint density at radius 1 is 0.407 bits per heavy atom. The van der Waals surface area contributed by atoms with Gasteiger partial charge in [-0.1, -0.05) is 6.42 Å². The Labute approximate surface area is 366 Å². The number of likely N-dealkylation sites (tertiary alicyclic amines) is 6. The maximum Gasteiger partial charge on any atom is 0.0644 e. The first-order valence-corrected chi connectivity index (χ1v) is 25.2. The van der Waals surface area contributed by atoms with Crippen molar-refractivity contribution in [1.82, 2.24) is 34.3 Å². The van der Waals surface area contributed by atoms with Crippen LogP contribution < -0.4 is 0 Å². The quantitative estimate of drug-likeness (QED) is 0.277. The van der Waals surface area contributed by atoms with Crippen molar-refractivity contribution in [3.8, 4) is 0 Å². The molecule has 0 aromatic carbocycles. The molecule has 7 fully saturated rings. The van der Waals surface area contributed by atoms with Gasteiger partial charge < -0.3 is 44.3 Å². The Morgan fingerprint density at radius 2 is 0.695 bits per heavy atom. The molecule has 10 heteroatoms. The fourth-order valence-electron chi connectivity index (χ4n) is 9.94. The van der Waals surface area contributed by atoms with Gasteiger partial charge in [-0.15, -0.1) is 0 Å². The molecule has 59 heavy (non-hydrogen) atoms. The van der Waals surface area contributed by atoms with E-state index < -0.39 is 5.60 Å². The molecule has 350 valence electrons. The summed E-state index contributed by atoms with van der Waals surface area (Å²) in [6.07, 6.45) is 16.5. The number of piperidine rings is 5. The molecule has 0 bridgehead atoms. The molecule has 0 aliphatic carbocycles. The van der Waals surface area contributed by atoms with E-state index in [1.807, 2.05) is 6.92 Å². The van der Waals surface area contributed by atoms with Crippen molar-refractivity contribution >= 4 is 0 Å². The van der Waals surface area contributed by atoms with E-state index in [2.05, 4.69) is 104 Å². The molecule has 10 nitrogen and oxygen atoms in total. The second kappa shape index (κ2) is 28.4. The smallest absolute Gasteiger partial charge is 0.0644 e. The van der Waals surface area contributed by atoms with Crippen LogP contribution in [-0.4, -0.2) is 203 Å². The third-order valence-electron chi connectivity index (χ3n) is 14.6. The average Bonchev–Trinajstić information content (AvgIpc) is 3.78. The van der Waals surface area contributed by atoms with E-state index in [-0.39, 0.29) is 6.10 Å². The van der Waals surface area contributed by atoms with Crippen LogP contribution >= 0.6 is 0 Å². The fraction of sp³-hybridized carbons (Fsp3) is 1.00. The zero-order valence-electron chi connectivity index (χ0n) is 41.1. The van der Waals surface area contributed by atoms with E-state index >= 15 is 0 Å². The second-order valence-corrected chi connectivity index (χ2v) is 20.8. The van der Waals surface area contributed by atoms with Crippen LogP contribution in [0.15, 0.2) is 0 Å². The highest BCUT2D eigenvalue weighted by Crippen LogP contribution is 2.24. The molecule has 0 aromatic heterocycles. The first-order valence-electron chi connectivity index (χ1n) is 25.2. The normalized spacial score (nSPS) is 25.9. The first kappa shape index (κ1) is 52.9. The van der Waals surface area contributed by atoms with Gasteiger partial charge in [0.25, 0.3) is 0 Å². The van der Waals surface area contributed by atoms with Crippen LogP contribution in [0.25, 0.3) is 0 Å². The fourth-order valence-corrected chi connectivity index (χ4v) is 9.94. The lowest BCUT2D eigenvalue weighted by Gasteiger charge is -2.41. The molecule has 7 rings (SSSR count). The highest BCUT2D eigenvalue weighted by atomic mass is 16.5. The summed E-state index contributed by atoms with van der Waals surface area (Å²) < 4.78 is 5.21. The van der Waals surface area contributed by atoms with Crippen LogP contribution in [0.4, 0.5) is 0 Å². The van der Waals surface area contributed by atoms with Gasteiger partial charge in [-0.3, -0.25) is 4.90 Å². The van der Waals surface area contributed by atoms with Gasteiger partial charge in [-0.25, -0.2) is 0 Å². The number of ether oxygens (including phenoxy) is 1. The van der Waals surface area contributed by atoms with E-state index in [9.17, 15) is 10.2 Å². The van der Waals surface area contributed by atoms with Crippen molar-refractivity contribution in [3.05, 3.63) is 0 Å². The Morgan fingerprint density at radius 3 is 1.02 bits per heavy atom. The molecule has 0 saturated carbocycles. The number of rotatable bonds is 7. The minimum Gasteiger partial charge on any atom is -0.393 e. The van der Waals surface area contributed by atoms with Crippen LogP contribution in [0.2, 0.25) is 0 Å². The average molecular weight is 836 g/mol. The van der Waals surface area contributed by atoms with Crippen LogP contribution in [0.1, 0.15) is 160 Å². The number of morpholine rings is 1. The Bertz CT molecular complexity index is 1010. The predicted octanol–water partition coefficient (Wildman–Crippen LogP) is 7.12. The lowest BCUT2D eigenvalue weighted by atomic mass is 9.93. The van der Waals surface area contributed by atoms with Gasteiger partial charge in [0, 0.05) is 81.6 Å². The van der Waals surface area contributed by atoms with E-state index in [1.54, 1.807) is 0 Å². The predicted molar refractivity (Wildman–Crippen MR) is 252 cm³/mol. The Kier molecular flexibility index (Phi) is 25.5. The SMILES string of the molecule is CC(C)N1CCC(C)(O)CC1.CC(C)N1CCC(N2CCCC2)CC1.CC(C)N1CCC(N2CCCCC2)CC1.CC(C)N1CCC(O)CC1.CC(C)N1CCOCC1. The molecular formula is C49H101N7O3. The second-order valence-electron chi connectivity index (χ2n) is 20.8. The number of aliphatic hydroxyl groups excluding tert-OH is 1. The summed E-state index contributed by atoms with van der Waals surface area (Å²) in [5.41, 5.74) is -0.397. The largest absolute Gasteiger partial charge is 0.393 e. The van der Waals surface area contributed by atoms with Crippen LogP contribution in [-0.2, 0) is 4.74 Å². The number of hydrogen-bond donors (Lipinski definition) is 2. The lowest BCUT2D eigenvalue weighted by molar-refractivity contribution is -0.0126. The molecule has 0 unspecified atom stereocenters. The van der Waals surface area contributed by atoms with Gasteiger partial charge in [0.15, 0.2) is 0 Å². The molecule has 7 aliphatic rings. The molecular weight excluding hydrogens is 735 g/mol. The summed E-state index contributed by atoms with van der Waals surface area (Å²) in [5.74, 6) is 0. The van der Waals surface area contributed by atoms with Crippen LogP contribution in [0.3, 0.4) is 0 Å². The maximum absolute atomic E-state index is 9.65. The molecule has 7 heterocycles. The standard InChI is InChI=1S/C13H26N2.C12H24N2.C9H19NO.C8H17NO.C7H15NO/c1-12(2)14-10-6-13(7-11-14)15-8-4-3-5-9-15;1-11(2)13-9-5-12(6-10-13)14-7-3-4-8-14;1-8(2)10-6-4-9(3,11)5-7-10;1-7(2)9-5-3-8(10)4-6-9;1-7(2)8-3-5-9-6-4-8/h12-13H,3-11H2,1-2H3;11-12H,3-10H2,1-2H3;8,11H,4-7H2,1-3H3;7-8,10H,3-6H2,1-2H3;7H,3-6H2,1-2H3. The molecule has 0 atom stereocenters. The van der Waals surface area contributed by atoms with Crippen molar-refractivity contribution in [1.29, 1.82) is 0 Å². The van der Waals surface area contributed by atoms with Gasteiger partial charge in [-0.2, -0.15) is 0 Å². The third-order valence-corrected chi connectivity index (χ3v) is 14.6. The van der Waals surface area contributed by atoms with E-state index in [0.29, 0.717) is 18.1 Å². The van der Waals surface area contributed by atoms with E-state index in [1.165, 1.54) is 110 Å². The van der Waals surface area contributed by atoms with Gasteiger partial charge >= 0.3 is 0 Å². The van der Waals surface area contributed by atoms with Crippen molar-refractivity contribution in [2.75, 3.05) is 105 Å². The number of nitrogens with zero attached hydrogens (tertiary/aromatic N) is 7. The minimum atomic E-state index is -0.397. The molecule has 7 aliphatic heterocycles. The molecule has 0 aromatic rings. The van der Waals surface area contributed by atoms with E-state index in [4.69, 9.17) is 4.74 Å². The van der Waals surface area contributed by atoms with Crippen LogP contribution in [0.5, 0.6) is 0 Å². The number of hydrogen-bond acceptors (Lipinski definition) is 10. The Hall–Kier alpha value is -0.400. The van der Waals surface area contributed by atoms with Gasteiger partial charge in [0.2, 0.25) is 0 Å². The highest BCUT2D eigenvalue weighted by Gasteiger charge is 2.29. The summed E-state index contributed by atoms with van der Waals surface area (Å²) in [4.78, 5) is 18.0. The topological polar surface area (TPSA) is 72.4 Å². The molecule has 2 N–H and O–H groups in total. The summed E-state index contributed by atoms with van der Waals surface area (Å²) in [6.45, 7) is 43.5. The number of aliphatic hydroxyl groups is 2. The van der Waals surface area contributed by atoms with Gasteiger partial charge in [0.1, 0.15) is 0 Å². The molecule has 0 radical (unpaired) electrons. The van der Waals surface area contributed by atoms with Gasteiger partial charge in [0.05, 0.1) is 24.9 Å². The summed E-state index contributed by atoms with van der Waals surface area (Å²) >= 11 is 0. The lowest BCUT2D eigenvalue weighted by Crippen LogP contribution is -2.48. The molecule has 0 spiro atoms. The maximum atomic E-state index is 9.65. The molecule has 0 amide bonds. The van der Waals surface area contributed by atoms with E-state index in [0.717, 1.165) is 102 Å². The summed E-state index contributed by atoms with van der Waals surface area (Å²) in [6, 6.07) is 5.27. The van der Waals surface area contributed by atoms with Crippen molar-refractivity contribution in [3.63, 3.8) is 0 Å². The summed E-state index contributed by atoms with van der Waals surface area (Å²) in [7, 11) is 0. The molecule has 7 saturated heterocycles. The van der Waals surface area contributed by atoms with Crippen molar-refractivity contribution in [2.24, 2.45) is 0 Å². The van der Waals surface area contributed by atoms with Crippen LogP contribution in [0, 0.1) is 0 Å². The van der Waals surface area contributed by atoms with Gasteiger partial charge in [-0.05, 0) is 206 Å². The highest BCUT2D eigenvalue weighted by molar-refractivity contribution is 4.85. The Balaban J connectivity index is 0.000000200. The van der Waals surface area contributed by atoms with Crippen molar-refractivity contribution < 1.29 is 14.9 Å². The van der Waals surface area contributed by atoms with Crippen molar-refractivity contribution in [2.45, 2.75) is 214 Å². The first-order chi connectivity index (χ1) is 28.1. The third kappa shape index (κ3) is 20.8. The summed E-state index contributed by atoms with van der Waals surface area (Å²) in [5, 5.41) is 18.8. The minimum absolute atomic E-state index is 0.0324. The monoisotopic (exact) mass is 836 g/mol. The zero-order chi connectivity index (χ0) is 43.4. The zero-order valence-corrected chi connectivity index (χ0v) is 41.1.